The van der Waals surface area contributed by atoms with Gasteiger partial charge in [0.05, 0.1) is 16.7 Å². The third kappa shape index (κ3) is 11.9. The average molecular weight is 1030 g/mol. The number of unbranched alkanes of at least 4 members (excludes halogenated alkanes) is 2. The molecule has 2 N–H and O–H groups in total. The van der Waals surface area contributed by atoms with Gasteiger partial charge in [-0.1, -0.05) is 90.8 Å². The van der Waals surface area contributed by atoms with E-state index in [0.29, 0.717) is 13.0 Å². The van der Waals surface area contributed by atoms with Gasteiger partial charge in [-0.15, -0.1) is 0 Å². The fraction of sp³-hybridized carbons (Fsp3) is 0.474. The van der Waals surface area contributed by atoms with Crippen LogP contribution in [0.25, 0.3) is 0 Å². The van der Waals surface area contributed by atoms with Gasteiger partial charge in [0.25, 0.3) is 10.1 Å². The Morgan fingerprint density at radius 3 is 2.06 bits per heavy atom. The number of rotatable bonds is 14. The van der Waals surface area contributed by atoms with Crippen LogP contribution in [0.4, 0.5) is 5.69 Å². The summed E-state index contributed by atoms with van der Waals surface area (Å²) in [5.74, 6) is 0.791. The third-order valence-corrected chi connectivity index (χ3v) is 14.4. The molecule has 0 bridgehead atoms. The maximum absolute atomic E-state index is 11.6. The van der Waals surface area contributed by atoms with E-state index >= 15 is 0 Å². The van der Waals surface area contributed by atoms with Crippen molar-refractivity contribution in [3.8, 4) is 0 Å². The highest BCUT2D eigenvalue weighted by atomic mass is 127. The van der Waals surface area contributed by atoms with Crippen molar-refractivity contribution in [2.45, 2.75) is 92.4 Å². The van der Waals surface area contributed by atoms with Gasteiger partial charge in [-0.3, -0.25) is 9.35 Å². The standard InChI is InChI=1S/C38H48I3NO6S/c1-36(2,3)30-23-26(24-31(48-30)37(4,5)6)17-12-9-8-10-13-18-29-38(7,20-15-11-14-19-32(43)44)33-28(25-27(39)34(40)35(33)41)42(29)21-16-22-49(45,46)47/h8-10,12-13,17-18,23-25H,11,14-16,19-22H2,1-7H3,(H-,43,44,45,46,47)/p+1/b10-8+,12-9+,18-13+. The molecule has 0 aliphatic carbocycles. The zero-order valence-corrected chi connectivity index (χ0v) is 36.7. The van der Waals surface area contributed by atoms with Gasteiger partial charge in [0.15, 0.2) is 5.71 Å². The Balaban J connectivity index is 1.97. The van der Waals surface area contributed by atoms with Crippen LogP contribution in [0, 0.1) is 21.5 Å². The molecule has 11 heteroatoms. The normalized spacial score (nSPS) is 18.8. The maximum Gasteiger partial charge on any atom is 0.303 e. The number of benzene rings is 1. The Bertz CT molecular complexity index is 1720. The highest BCUT2D eigenvalue weighted by Gasteiger charge is 2.49. The zero-order chi connectivity index (χ0) is 36.8. The summed E-state index contributed by atoms with van der Waals surface area (Å²) in [4.78, 5) is 11.1. The lowest BCUT2D eigenvalue weighted by atomic mass is 9.75. The largest absolute Gasteiger partial charge is 0.481 e. The van der Waals surface area contributed by atoms with E-state index in [2.05, 4.69) is 151 Å². The molecular weight excluding hydrogens is 979 g/mol. The van der Waals surface area contributed by atoms with Crippen molar-refractivity contribution in [1.82, 2.24) is 0 Å². The fourth-order valence-electron chi connectivity index (χ4n) is 5.84. The number of aliphatic carboxylic acids is 1. The van der Waals surface area contributed by atoms with E-state index < -0.39 is 16.1 Å². The van der Waals surface area contributed by atoms with Gasteiger partial charge in [-0.05, 0) is 105 Å². The SMILES string of the molecule is CC(C)(C)C1=CC(=C/C=C/C=C/C=C/C2=[N+](CCCS(=O)(=O)O)c3cc(I)c(I)c(I)c3C2(C)CCCCCC(=O)O)C=C(C(C)(C)C)O1. The van der Waals surface area contributed by atoms with E-state index in [1.54, 1.807) is 0 Å². The van der Waals surface area contributed by atoms with Gasteiger partial charge in [0.1, 0.15) is 18.1 Å². The van der Waals surface area contributed by atoms with Gasteiger partial charge < -0.3 is 9.84 Å². The second kappa shape index (κ2) is 17.5. The fourth-order valence-corrected chi connectivity index (χ4v) is 9.01. The number of fused-ring (bicyclic) bond motifs is 1. The molecule has 0 aromatic heterocycles. The molecule has 49 heavy (non-hydrogen) atoms. The van der Waals surface area contributed by atoms with Crippen LogP contribution in [0.5, 0.6) is 0 Å². The third-order valence-electron chi connectivity index (χ3n) is 8.47. The Hall–Kier alpha value is -1.30. The number of carbonyl (C=O) groups is 1. The van der Waals surface area contributed by atoms with Gasteiger partial charge in [-0.25, -0.2) is 0 Å². The maximum atomic E-state index is 11.6. The van der Waals surface area contributed by atoms with Crippen molar-refractivity contribution in [2.24, 2.45) is 10.8 Å². The van der Waals surface area contributed by atoms with Crippen molar-refractivity contribution < 1.29 is 32.2 Å². The van der Waals surface area contributed by atoms with E-state index in [9.17, 15) is 17.8 Å². The second-order valence-corrected chi connectivity index (χ2v) is 19.7. The molecule has 0 fully saturated rings. The minimum Gasteiger partial charge on any atom is -0.481 e. The van der Waals surface area contributed by atoms with Crippen molar-refractivity contribution >= 4 is 95.3 Å². The molecule has 2 heterocycles. The summed E-state index contributed by atoms with van der Waals surface area (Å²) in [5, 5.41) is 9.13. The van der Waals surface area contributed by atoms with Crippen LogP contribution in [0.2, 0.25) is 0 Å². The summed E-state index contributed by atoms with van der Waals surface area (Å²) in [6.45, 7) is 15.6. The minimum absolute atomic E-state index is 0.113. The van der Waals surface area contributed by atoms with Crippen LogP contribution < -0.4 is 0 Å². The molecular formula is C38H49I3NO6S+. The van der Waals surface area contributed by atoms with E-state index in [-0.39, 0.29) is 34.8 Å². The predicted octanol–water partition coefficient (Wildman–Crippen LogP) is 10.7. The minimum atomic E-state index is -4.09. The van der Waals surface area contributed by atoms with Crippen LogP contribution in [0.15, 0.2) is 77.8 Å². The quantitative estimate of drug-likeness (QED) is 0.0481. The molecule has 1 aromatic rings. The summed E-state index contributed by atoms with van der Waals surface area (Å²) >= 11 is 7.16. The number of allylic oxidation sites excluding steroid dienone is 12. The molecule has 0 saturated heterocycles. The van der Waals surface area contributed by atoms with Gasteiger partial charge in [0.2, 0.25) is 5.69 Å². The summed E-state index contributed by atoms with van der Waals surface area (Å²) in [5.41, 5.74) is 3.80. The Kier molecular flexibility index (Phi) is 15.0. The van der Waals surface area contributed by atoms with Crippen molar-refractivity contribution in [3.05, 3.63) is 94.1 Å². The molecule has 0 radical (unpaired) electrons. The van der Waals surface area contributed by atoms with Gasteiger partial charge >= 0.3 is 5.97 Å². The number of halogens is 3. The first-order valence-electron chi connectivity index (χ1n) is 16.5. The first-order chi connectivity index (χ1) is 22.6. The average Bonchev–Trinajstić information content (AvgIpc) is 3.20. The van der Waals surface area contributed by atoms with Crippen molar-refractivity contribution in [3.63, 3.8) is 0 Å². The lowest BCUT2D eigenvalue weighted by Gasteiger charge is -2.32. The van der Waals surface area contributed by atoms with Gasteiger partial charge in [0, 0.05) is 46.5 Å². The van der Waals surface area contributed by atoms with Crippen LogP contribution in [-0.4, -0.2) is 46.6 Å². The number of nitrogens with zero attached hydrogens (tertiary/aromatic N) is 1. The first-order valence-corrected chi connectivity index (χ1v) is 21.3. The molecule has 0 spiro atoms. The smallest absolute Gasteiger partial charge is 0.303 e. The number of carboxylic acids is 1. The summed E-state index contributed by atoms with van der Waals surface area (Å²) in [6.07, 6.45) is 21.9. The molecule has 2 aliphatic rings. The van der Waals surface area contributed by atoms with E-state index in [1.165, 1.54) is 12.7 Å². The number of carboxylic acid groups (broad SMARTS) is 1. The molecule has 7 nitrogen and oxygen atoms in total. The Morgan fingerprint density at radius 1 is 0.898 bits per heavy atom. The Morgan fingerprint density at radius 2 is 1.49 bits per heavy atom. The van der Waals surface area contributed by atoms with Crippen LogP contribution in [-0.2, 0) is 25.1 Å². The molecule has 0 amide bonds. The molecule has 1 unspecified atom stereocenters. The molecule has 268 valence electrons. The van der Waals surface area contributed by atoms with Gasteiger partial charge in [-0.2, -0.15) is 13.0 Å². The number of hydrogen-bond donors (Lipinski definition) is 2. The summed E-state index contributed by atoms with van der Waals surface area (Å²) in [7, 11) is -4.09. The topological polar surface area (TPSA) is 104 Å². The van der Waals surface area contributed by atoms with E-state index in [1.807, 2.05) is 30.4 Å². The molecule has 3 rings (SSSR count). The Labute approximate surface area is 334 Å². The van der Waals surface area contributed by atoms with Crippen LogP contribution >= 0.6 is 67.8 Å². The molecule has 1 atom stereocenters. The molecule has 0 saturated carbocycles. The second-order valence-electron chi connectivity index (χ2n) is 14.8. The van der Waals surface area contributed by atoms with E-state index in [0.717, 1.165) is 51.3 Å². The highest BCUT2D eigenvalue weighted by Crippen LogP contribution is 2.48. The lowest BCUT2D eigenvalue weighted by molar-refractivity contribution is -0.437. The van der Waals surface area contributed by atoms with Crippen LogP contribution in [0.3, 0.4) is 0 Å². The summed E-state index contributed by atoms with van der Waals surface area (Å²) < 4.78 is 44.6. The summed E-state index contributed by atoms with van der Waals surface area (Å²) in [6, 6.07) is 2.16. The zero-order valence-electron chi connectivity index (χ0n) is 29.4. The first kappa shape index (κ1) is 42.1. The van der Waals surface area contributed by atoms with Crippen molar-refractivity contribution in [2.75, 3.05) is 12.3 Å². The molecule has 2 aliphatic heterocycles. The number of ether oxygens (including phenoxy) is 1. The van der Waals surface area contributed by atoms with E-state index in [4.69, 9.17) is 9.84 Å². The lowest BCUT2D eigenvalue weighted by Crippen LogP contribution is -2.32. The highest BCUT2D eigenvalue weighted by molar-refractivity contribution is 14.1. The monoisotopic (exact) mass is 1030 g/mol. The number of hydrogen-bond acceptors (Lipinski definition) is 4. The van der Waals surface area contributed by atoms with Crippen LogP contribution in [0.1, 0.15) is 92.6 Å². The van der Waals surface area contributed by atoms with Crippen molar-refractivity contribution in [1.29, 1.82) is 0 Å². The molecule has 1 aromatic carbocycles. The predicted molar refractivity (Wildman–Crippen MR) is 225 cm³/mol.